The van der Waals surface area contributed by atoms with Gasteiger partial charge in [-0.3, -0.25) is 0 Å². The van der Waals surface area contributed by atoms with Crippen molar-refractivity contribution in [2.75, 3.05) is 12.6 Å². The first-order chi connectivity index (χ1) is 8.90. The SMILES string of the molecule is C=C[C@H](CCC(C)=O)C[C@H](OC[NH+]([O-])O)[C@H](C)CCl. The molecule has 0 spiro atoms. The van der Waals surface area contributed by atoms with Crippen LogP contribution in [0.3, 0.4) is 0 Å². The van der Waals surface area contributed by atoms with Crippen LogP contribution in [0.25, 0.3) is 0 Å². The number of quaternary nitrogens is 1. The van der Waals surface area contributed by atoms with Crippen molar-refractivity contribution in [2.24, 2.45) is 11.8 Å². The summed E-state index contributed by atoms with van der Waals surface area (Å²) in [7, 11) is 0. The Kier molecular flexibility index (Phi) is 10.1. The van der Waals surface area contributed by atoms with E-state index in [1.807, 2.05) is 6.92 Å². The molecule has 6 heteroatoms. The molecule has 0 radical (unpaired) electrons. The topological polar surface area (TPSA) is 74.0 Å². The molecule has 0 aromatic rings. The van der Waals surface area contributed by atoms with Crippen molar-refractivity contribution in [1.82, 2.24) is 0 Å². The molecule has 0 aromatic carbocycles. The first kappa shape index (κ1) is 18.5. The Morgan fingerprint density at radius 1 is 1.63 bits per heavy atom. The number of alkyl halides is 1. The number of ketones is 1. The Bertz CT molecular complexity index is 273. The highest BCUT2D eigenvalue weighted by atomic mass is 35.5. The minimum absolute atomic E-state index is 0.0563. The van der Waals surface area contributed by atoms with Gasteiger partial charge in [-0.25, -0.2) is 10.4 Å². The Morgan fingerprint density at radius 3 is 2.68 bits per heavy atom. The second-order valence-corrected chi connectivity index (χ2v) is 5.16. The molecule has 1 unspecified atom stereocenters. The van der Waals surface area contributed by atoms with E-state index in [2.05, 4.69) is 6.58 Å². The third kappa shape index (κ3) is 9.13. The number of carbonyl (C=O) groups excluding carboxylic acids is 1. The molecule has 19 heavy (non-hydrogen) atoms. The third-order valence-electron chi connectivity index (χ3n) is 3.03. The van der Waals surface area contributed by atoms with Crippen molar-refractivity contribution in [3.8, 4) is 0 Å². The summed E-state index contributed by atoms with van der Waals surface area (Å²) in [6.07, 6.45) is 3.40. The Labute approximate surface area is 119 Å². The van der Waals surface area contributed by atoms with Crippen LogP contribution in [0, 0.1) is 17.0 Å². The lowest BCUT2D eigenvalue weighted by atomic mass is 9.91. The maximum atomic E-state index is 11.0. The molecule has 0 heterocycles. The summed E-state index contributed by atoms with van der Waals surface area (Å²) in [4.78, 5) is 11.0. The Morgan fingerprint density at radius 2 is 2.26 bits per heavy atom. The Balaban J connectivity index is 4.40. The van der Waals surface area contributed by atoms with Crippen LogP contribution in [0.2, 0.25) is 0 Å². The fraction of sp³-hybridized carbons (Fsp3) is 0.769. The van der Waals surface area contributed by atoms with E-state index >= 15 is 0 Å². The number of allylic oxidation sites excluding steroid dienone is 1. The summed E-state index contributed by atoms with van der Waals surface area (Å²) in [5.74, 6) is 0.732. The fourth-order valence-corrected chi connectivity index (χ4v) is 1.96. The van der Waals surface area contributed by atoms with Crippen molar-refractivity contribution in [3.05, 3.63) is 17.9 Å². The summed E-state index contributed by atoms with van der Waals surface area (Å²) in [5.41, 5.74) is 0. The molecule has 0 fully saturated rings. The number of nitrogens with one attached hydrogen (secondary N) is 1. The zero-order chi connectivity index (χ0) is 14.8. The van der Waals surface area contributed by atoms with Crippen LogP contribution in [0.4, 0.5) is 0 Å². The van der Waals surface area contributed by atoms with Crippen molar-refractivity contribution in [1.29, 1.82) is 0 Å². The maximum Gasteiger partial charge on any atom is 0.211 e. The molecular weight excluding hydrogens is 270 g/mol. The van der Waals surface area contributed by atoms with Gasteiger partial charge in [0.25, 0.3) is 0 Å². The molecule has 0 amide bonds. The van der Waals surface area contributed by atoms with Gasteiger partial charge in [0.05, 0.1) is 6.10 Å². The molecule has 0 bridgehead atoms. The summed E-state index contributed by atoms with van der Waals surface area (Å²) >= 11 is 5.81. The smallest absolute Gasteiger partial charge is 0.211 e. The quantitative estimate of drug-likeness (QED) is 0.262. The van der Waals surface area contributed by atoms with Gasteiger partial charge in [-0.05, 0) is 31.6 Å². The van der Waals surface area contributed by atoms with E-state index in [0.717, 1.165) is 0 Å². The van der Waals surface area contributed by atoms with E-state index in [1.54, 1.807) is 13.0 Å². The van der Waals surface area contributed by atoms with Gasteiger partial charge in [-0.2, -0.15) is 0 Å². The summed E-state index contributed by atoms with van der Waals surface area (Å²) < 4.78 is 5.38. The number of Topliss-reactive ketones (excluding diaryl/α,β-unsaturated/α-hetero) is 1. The minimum atomic E-state index is -0.995. The van der Waals surface area contributed by atoms with Gasteiger partial charge >= 0.3 is 0 Å². The van der Waals surface area contributed by atoms with Crippen LogP contribution >= 0.6 is 11.6 Å². The van der Waals surface area contributed by atoms with Gasteiger partial charge in [0, 0.05) is 12.3 Å². The maximum absolute atomic E-state index is 11.0. The van der Waals surface area contributed by atoms with Gasteiger partial charge < -0.3 is 14.7 Å². The molecule has 0 aliphatic heterocycles. The molecule has 4 atom stereocenters. The van der Waals surface area contributed by atoms with Crippen molar-refractivity contribution in [2.45, 2.75) is 39.2 Å². The number of rotatable bonds is 11. The predicted octanol–water partition coefficient (Wildman–Crippen LogP) is 1.54. The van der Waals surface area contributed by atoms with Crippen molar-refractivity contribution in [3.63, 3.8) is 0 Å². The largest absolute Gasteiger partial charge is 0.598 e. The van der Waals surface area contributed by atoms with Crippen LogP contribution in [-0.4, -0.2) is 29.7 Å². The van der Waals surface area contributed by atoms with Gasteiger partial charge in [-0.1, -0.05) is 13.0 Å². The molecule has 0 rings (SSSR count). The van der Waals surface area contributed by atoms with Crippen LogP contribution in [-0.2, 0) is 9.53 Å². The molecule has 0 aliphatic rings. The fourth-order valence-electron chi connectivity index (χ4n) is 1.76. The van der Waals surface area contributed by atoms with Gasteiger partial charge in [0.2, 0.25) is 6.73 Å². The van der Waals surface area contributed by atoms with Crippen LogP contribution in [0.15, 0.2) is 12.7 Å². The average molecular weight is 294 g/mol. The van der Waals surface area contributed by atoms with Crippen LogP contribution < -0.4 is 5.23 Å². The minimum Gasteiger partial charge on any atom is -0.598 e. The van der Waals surface area contributed by atoms with Crippen molar-refractivity contribution >= 4 is 17.4 Å². The predicted molar refractivity (Wildman–Crippen MR) is 74.0 cm³/mol. The Hall–Kier alpha value is -0.460. The van der Waals surface area contributed by atoms with Crippen molar-refractivity contribution < 1.29 is 20.0 Å². The molecule has 0 aliphatic carbocycles. The summed E-state index contributed by atoms with van der Waals surface area (Å²) in [6, 6.07) is 0. The van der Waals surface area contributed by atoms with E-state index in [1.165, 1.54) is 0 Å². The number of halogens is 1. The molecule has 0 saturated heterocycles. The number of hydrogen-bond donors (Lipinski definition) is 2. The highest BCUT2D eigenvalue weighted by Crippen LogP contribution is 2.22. The van der Waals surface area contributed by atoms with Crippen LogP contribution in [0.5, 0.6) is 0 Å². The first-order valence-electron chi connectivity index (χ1n) is 6.42. The molecule has 5 nitrogen and oxygen atoms in total. The lowest BCUT2D eigenvalue weighted by Crippen LogP contribution is -3.05. The second kappa shape index (κ2) is 10.3. The lowest BCUT2D eigenvalue weighted by molar-refractivity contribution is -1.06. The second-order valence-electron chi connectivity index (χ2n) is 4.85. The van der Waals surface area contributed by atoms with E-state index in [-0.39, 0.29) is 30.5 Å². The number of hydroxylamine groups is 2. The van der Waals surface area contributed by atoms with Gasteiger partial charge in [0.1, 0.15) is 5.78 Å². The third-order valence-corrected chi connectivity index (χ3v) is 3.52. The summed E-state index contributed by atoms with van der Waals surface area (Å²) in [6.45, 7) is 6.90. The van der Waals surface area contributed by atoms with E-state index in [9.17, 15) is 10.0 Å². The standard InChI is InChI=1S/C13H24ClNO4/c1-4-12(6-5-11(3)16)7-13(10(2)8-14)19-9-15(17)18/h4,10,12-13,15,17H,1,5-9H2,2-3H3/t10-,12-,13+/m1/s1. The molecule has 2 N–H and O–H groups in total. The lowest BCUT2D eigenvalue weighted by Gasteiger charge is -2.26. The number of hydrogen-bond acceptors (Lipinski definition) is 4. The zero-order valence-corrected chi connectivity index (χ0v) is 12.4. The van der Waals surface area contributed by atoms with Crippen LogP contribution in [0.1, 0.15) is 33.1 Å². The van der Waals surface area contributed by atoms with Gasteiger partial charge in [0.15, 0.2) is 0 Å². The normalized spacial score (nSPS) is 17.5. The highest BCUT2D eigenvalue weighted by Gasteiger charge is 2.22. The highest BCUT2D eigenvalue weighted by molar-refractivity contribution is 6.18. The monoisotopic (exact) mass is 293 g/mol. The molecule has 0 saturated carbocycles. The number of carbonyl (C=O) groups is 1. The number of ether oxygens (including phenoxy) is 1. The first-order valence-corrected chi connectivity index (χ1v) is 6.95. The zero-order valence-electron chi connectivity index (χ0n) is 11.6. The van der Waals surface area contributed by atoms with Gasteiger partial charge in [-0.15, -0.1) is 18.2 Å². The average Bonchev–Trinajstić information content (AvgIpc) is 2.36. The molecular formula is C13H24ClNO4. The molecule has 0 aromatic heterocycles. The van der Waals surface area contributed by atoms with E-state index in [0.29, 0.717) is 25.1 Å². The van der Waals surface area contributed by atoms with E-state index in [4.69, 9.17) is 21.5 Å². The molecule has 112 valence electrons. The summed E-state index contributed by atoms with van der Waals surface area (Å²) in [5, 5.41) is 18.2. The van der Waals surface area contributed by atoms with E-state index < -0.39 is 5.23 Å².